The normalized spacial score (nSPS) is 11.8. The van der Waals surface area contributed by atoms with Crippen LogP contribution in [0, 0.1) is 0 Å². The van der Waals surface area contributed by atoms with Crippen molar-refractivity contribution >= 4 is 57.0 Å². The summed E-state index contributed by atoms with van der Waals surface area (Å²) >= 11 is 0. The molecule has 0 unspecified atom stereocenters. The van der Waals surface area contributed by atoms with E-state index in [1.165, 1.54) is 42.4 Å². The number of hydrogen-bond acceptors (Lipinski definition) is 0. The maximum absolute atomic E-state index is 2.29. The summed E-state index contributed by atoms with van der Waals surface area (Å²) in [7, 11) is -4.50. The van der Waals surface area contributed by atoms with Gasteiger partial charge in [-0.25, -0.2) is 0 Å². The molecule has 8 rings (SSSR count). The third kappa shape index (κ3) is 6.70. The Labute approximate surface area is 303 Å². The number of hydrogen-bond donors (Lipinski definition) is 0. The van der Waals surface area contributed by atoms with E-state index in [9.17, 15) is 0 Å². The van der Waals surface area contributed by atoms with Gasteiger partial charge in [0.05, 0.1) is 0 Å². The van der Waals surface area contributed by atoms with Gasteiger partial charge >= 0.3 is 305 Å². The zero-order valence-electron chi connectivity index (χ0n) is 27.3. The van der Waals surface area contributed by atoms with Gasteiger partial charge in [0, 0.05) is 0 Å². The predicted octanol–water partition coefficient (Wildman–Crippen LogP) is 7.51. The molecule has 0 aliphatic carbocycles. The molecule has 0 bridgehead atoms. The minimum absolute atomic E-state index is 0. The molecule has 0 amide bonds. The van der Waals surface area contributed by atoms with Gasteiger partial charge in [-0.3, -0.25) is 0 Å². The van der Waals surface area contributed by atoms with Gasteiger partial charge in [0.25, 0.3) is 0 Å². The molecule has 0 aliphatic heterocycles. The predicted molar refractivity (Wildman–Crippen MR) is 216 cm³/mol. The molecule has 242 valence electrons. The first-order valence-corrected chi connectivity index (χ1v) is 20.6. The second-order valence-electron chi connectivity index (χ2n) is 12.0. The fraction of sp³-hybridized carbons (Fsp3) is 0. The molecule has 0 N–H and O–H groups in total. The van der Waals surface area contributed by atoms with Crippen molar-refractivity contribution in [1.29, 1.82) is 0 Å². The van der Waals surface area contributed by atoms with Gasteiger partial charge in [-0.05, 0) is 0 Å². The molecule has 0 spiro atoms. The second-order valence-corrected chi connectivity index (χ2v) is 19.7. The molecule has 0 saturated heterocycles. The van der Waals surface area contributed by atoms with E-state index in [-0.39, 0.29) is 17.1 Å². The molecule has 0 aliphatic rings. The molecule has 8 aromatic carbocycles. The first kappa shape index (κ1) is 34.3. The molecule has 49 heavy (non-hydrogen) atoms. The Morgan fingerprint density at radius 3 is 0.551 bits per heavy atom. The fourth-order valence-corrected chi connectivity index (χ4v) is 16.9. The van der Waals surface area contributed by atoms with Crippen molar-refractivity contribution in [2.45, 2.75) is 0 Å². The van der Waals surface area contributed by atoms with Crippen molar-refractivity contribution in [2.24, 2.45) is 0 Å². The molecule has 0 nitrogen and oxygen atoms in total. The molecular weight excluding hydrogens is 670 g/mol. The van der Waals surface area contributed by atoms with Gasteiger partial charge in [0.2, 0.25) is 0 Å². The molecule has 0 aromatic heterocycles. The van der Waals surface area contributed by atoms with Gasteiger partial charge in [-0.1, -0.05) is 0 Å². The molecule has 0 heterocycles. The summed E-state index contributed by atoms with van der Waals surface area (Å²) in [6.45, 7) is 0. The Hall–Kier alpha value is -4.60. The molecule has 0 fully saturated rings. The Morgan fingerprint density at radius 2 is 0.388 bits per heavy atom. The van der Waals surface area contributed by atoms with Crippen LogP contribution in [0.25, 0.3) is 0 Å². The summed E-state index contributed by atoms with van der Waals surface area (Å²) in [5.74, 6) is 0. The summed E-state index contributed by atoms with van der Waals surface area (Å²) in [5.41, 5.74) is 0. The minimum atomic E-state index is -2.25. The molecule has 8 aromatic rings. The van der Waals surface area contributed by atoms with Crippen LogP contribution in [0.5, 0.6) is 0 Å². The fourth-order valence-electron chi connectivity index (χ4n) is 7.38. The van der Waals surface area contributed by atoms with Crippen LogP contribution in [0.2, 0.25) is 0 Å². The molecule has 3 heteroatoms. The molecule has 0 saturated carbocycles. The van der Waals surface area contributed by atoms with Gasteiger partial charge in [-0.2, -0.15) is 0 Å². The summed E-state index contributed by atoms with van der Waals surface area (Å²) in [4.78, 5) is 0. The van der Waals surface area contributed by atoms with Crippen LogP contribution in [-0.2, 0) is 17.1 Å². The van der Waals surface area contributed by atoms with Gasteiger partial charge in [0.15, 0.2) is 0 Å². The van der Waals surface area contributed by atoms with Gasteiger partial charge < -0.3 is 0 Å². The van der Waals surface area contributed by atoms with Crippen molar-refractivity contribution < 1.29 is 17.1 Å². The zero-order valence-corrected chi connectivity index (χ0v) is 30.4. The van der Waals surface area contributed by atoms with E-state index < -0.39 is 14.5 Å². The monoisotopic (exact) mass is 710 g/mol. The van der Waals surface area contributed by atoms with Crippen molar-refractivity contribution in [1.82, 2.24) is 0 Å². The molecule has 0 radical (unpaired) electrons. The maximum atomic E-state index is 2.29. The average molecular weight is 711 g/mol. The van der Waals surface area contributed by atoms with Gasteiger partial charge in [-0.15, -0.1) is 0 Å². The third-order valence-corrected chi connectivity index (χ3v) is 19.0. The van der Waals surface area contributed by atoms with Crippen LogP contribution in [0.3, 0.4) is 0 Å². The van der Waals surface area contributed by atoms with Crippen LogP contribution in [0.4, 0.5) is 0 Å². The summed E-state index contributed by atoms with van der Waals surface area (Å²) in [5, 5.41) is 11.4. The van der Waals surface area contributed by atoms with E-state index >= 15 is 0 Å². The van der Waals surface area contributed by atoms with Gasteiger partial charge in [0.1, 0.15) is 0 Å². The number of rotatable bonds is 8. The van der Waals surface area contributed by atoms with E-state index in [4.69, 9.17) is 0 Å². The van der Waals surface area contributed by atoms with E-state index in [1.54, 1.807) is 0 Å². The SMILES string of the molecule is [Fe+2].c1ccc([PH](c2ccccc2)(c2ccccc2)[c-]2cccc2)cc1.c1ccc([PH](c2ccccc2)(c2ccccc2)[c-]2cccc2)cc1. The first-order chi connectivity index (χ1) is 23.8. The Bertz CT molecular complexity index is 1730. The summed E-state index contributed by atoms with van der Waals surface area (Å²) < 4.78 is 0. The number of benzene rings is 6. The topological polar surface area (TPSA) is 0 Å². The standard InChI is InChI=1S/2C23H20P.Fe/c2*1-4-12-20(13-5-1)24(23-18-10-11-19-23,21-14-6-2-7-15-21)22-16-8-3-9-17-22;/h2*1-19,24H;/q2*-1;+2. The Kier molecular flexibility index (Phi) is 11.3. The quantitative estimate of drug-likeness (QED) is 0.0871. The van der Waals surface area contributed by atoms with Crippen molar-refractivity contribution in [3.05, 3.63) is 231 Å². The van der Waals surface area contributed by atoms with Crippen LogP contribution >= 0.6 is 14.5 Å². The van der Waals surface area contributed by atoms with Crippen LogP contribution in [-0.4, -0.2) is 0 Å². The summed E-state index contributed by atoms with van der Waals surface area (Å²) in [6.07, 6.45) is 0. The van der Waals surface area contributed by atoms with Crippen LogP contribution in [0.1, 0.15) is 0 Å². The van der Waals surface area contributed by atoms with Crippen molar-refractivity contribution in [3.63, 3.8) is 0 Å². The first-order valence-electron chi connectivity index (χ1n) is 16.6. The molecule has 0 atom stereocenters. The second kappa shape index (κ2) is 16.2. The van der Waals surface area contributed by atoms with E-state index in [1.807, 2.05) is 0 Å². The van der Waals surface area contributed by atoms with E-state index in [0.29, 0.717) is 0 Å². The van der Waals surface area contributed by atoms with E-state index in [2.05, 4.69) is 231 Å². The third-order valence-electron chi connectivity index (χ3n) is 9.43. The van der Waals surface area contributed by atoms with Crippen molar-refractivity contribution in [3.8, 4) is 0 Å². The van der Waals surface area contributed by atoms with Crippen molar-refractivity contribution in [2.75, 3.05) is 0 Å². The van der Waals surface area contributed by atoms with Crippen LogP contribution < -0.4 is 42.4 Å². The average Bonchev–Trinajstić information content (AvgIpc) is 3.92. The van der Waals surface area contributed by atoms with E-state index in [0.717, 1.165) is 0 Å². The Balaban J connectivity index is 0.000000167. The summed E-state index contributed by atoms with van der Waals surface area (Å²) in [6, 6.07) is 83.8. The molecular formula is C46H40FeP2. The van der Waals surface area contributed by atoms with Crippen LogP contribution in [0.15, 0.2) is 231 Å². The Morgan fingerprint density at radius 1 is 0.224 bits per heavy atom. The zero-order chi connectivity index (χ0) is 32.5.